The van der Waals surface area contributed by atoms with E-state index in [9.17, 15) is 0 Å². The number of rotatable bonds is 3. The van der Waals surface area contributed by atoms with Crippen LogP contribution in [0.3, 0.4) is 0 Å². The normalized spacial score (nSPS) is 18.9. The van der Waals surface area contributed by atoms with E-state index in [1.807, 2.05) is 0 Å². The molecule has 16 heavy (non-hydrogen) atoms. The van der Waals surface area contributed by atoms with Crippen LogP contribution in [0.5, 0.6) is 0 Å². The highest BCUT2D eigenvalue weighted by atomic mass is 79.9. The largest absolute Gasteiger partial charge is 0.301 e. The summed E-state index contributed by atoms with van der Waals surface area (Å²) in [6.07, 6.45) is 0. The minimum absolute atomic E-state index is 1.09. The van der Waals surface area contributed by atoms with E-state index in [4.69, 9.17) is 0 Å². The standard InChI is InChI=1S/C13H19BrN2/c1-2-15-7-9-16(10-8-15)11-12-3-5-13(14)6-4-12/h3-6H,2,7-11H2,1H3. The lowest BCUT2D eigenvalue weighted by molar-refractivity contribution is 0.132. The molecule has 3 heteroatoms. The highest BCUT2D eigenvalue weighted by Gasteiger charge is 2.15. The second-order valence-electron chi connectivity index (χ2n) is 4.34. The molecular weight excluding hydrogens is 264 g/mol. The number of nitrogens with zero attached hydrogens (tertiary/aromatic N) is 2. The van der Waals surface area contributed by atoms with Gasteiger partial charge in [0.15, 0.2) is 0 Å². The molecule has 2 rings (SSSR count). The summed E-state index contributed by atoms with van der Waals surface area (Å²) < 4.78 is 1.16. The van der Waals surface area contributed by atoms with Crippen LogP contribution in [-0.4, -0.2) is 42.5 Å². The first kappa shape index (κ1) is 12.1. The molecule has 0 saturated carbocycles. The third-order valence-electron chi connectivity index (χ3n) is 3.23. The van der Waals surface area contributed by atoms with Crippen molar-refractivity contribution in [1.82, 2.24) is 9.80 Å². The van der Waals surface area contributed by atoms with Crippen LogP contribution in [0, 0.1) is 0 Å². The van der Waals surface area contributed by atoms with Gasteiger partial charge < -0.3 is 4.90 Å². The maximum atomic E-state index is 3.47. The number of hydrogen-bond acceptors (Lipinski definition) is 2. The Balaban J connectivity index is 1.84. The van der Waals surface area contributed by atoms with E-state index < -0.39 is 0 Å². The molecule has 1 aromatic carbocycles. The summed E-state index contributed by atoms with van der Waals surface area (Å²) in [6, 6.07) is 8.65. The topological polar surface area (TPSA) is 6.48 Å². The summed E-state index contributed by atoms with van der Waals surface area (Å²) in [6.45, 7) is 9.34. The van der Waals surface area contributed by atoms with Gasteiger partial charge in [-0.1, -0.05) is 35.0 Å². The summed E-state index contributed by atoms with van der Waals surface area (Å²) in [7, 11) is 0. The zero-order valence-electron chi connectivity index (χ0n) is 9.82. The van der Waals surface area contributed by atoms with Gasteiger partial charge in [0.25, 0.3) is 0 Å². The maximum absolute atomic E-state index is 3.47. The van der Waals surface area contributed by atoms with Gasteiger partial charge in [-0.25, -0.2) is 0 Å². The van der Waals surface area contributed by atoms with E-state index in [0.717, 1.165) is 11.0 Å². The minimum atomic E-state index is 1.09. The van der Waals surface area contributed by atoms with Crippen molar-refractivity contribution in [2.45, 2.75) is 13.5 Å². The van der Waals surface area contributed by atoms with E-state index in [-0.39, 0.29) is 0 Å². The fourth-order valence-electron chi connectivity index (χ4n) is 2.11. The number of piperazine rings is 1. The molecule has 1 aromatic rings. The molecule has 0 spiro atoms. The molecule has 0 amide bonds. The zero-order valence-corrected chi connectivity index (χ0v) is 11.4. The van der Waals surface area contributed by atoms with Gasteiger partial charge in [0, 0.05) is 37.2 Å². The second-order valence-corrected chi connectivity index (χ2v) is 5.25. The van der Waals surface area contributed by atoms with Gasteiger partial charge >= 0.3 is 0 Å². The molecule has 0 unspecified atom stereocenters. The fourth-order valence-corrected chi connectivity index (χ4v) is 2.38. The van der Waals surface area contributed by atoms with Gasteiger partial charge in [-0.2, -0.15) is 0 Å². The molecule has 1 saturated heterocycles. The van der Waals surface area contributed by atoms with Crippen LogP contribution < -0.4 is 0 Å². The van der Waals surface area contributed by atoms with Gasteiger partial charge in [-0.15, -0.1) is 0 Å². The van der Waals surface area contributed by atoms with Crippen LogP contribution in [0.1, 0.15) is 12.5 Å². The quantitative estimate of drug-likeness (QED) is 0.841. The molecule has 1 heterocycles. The smallest absolute Gasteiger partial charge is 0.0234 e. The van der Waals surface area contributed by atoms with Gasteiger partial charge in [-0.3, -0.25) is 4.90 Å². The third kappa shape index (κ3) is 3.30. The molecule has 1 aliphatic heterocycles. The Morgan fingerprint density at radius 3 is 2.12 bits per heavy atom. The van der Waals surface area contributed by atoms with Gasteiger partial charge in [0.2, 0.25) is 0 Å². The first-order valence-electron chi connectivity index (χ1n) is 5.97. The number of halogens is 1. The van der Waals surface area contributed by atoms with Crippen molar-refractivity contribution in [3.8, 4) is 0 Å². The zero-order chi connectivity index (χ0) is 11.4. The Bertz CT molecular complexity index is 315. The first-order chi connectivity index (χ1) is 7.78. The number of benzene rings is 1. The Labute approximate surface area is 106 Å². The van der Waals surface area contributed by atoms with E-state index in [2.05, 4.69) is 56.9 Å². The Kier molecular flexibility index (Phi) is 4.38. The van der Waals surface area contributed by atoms with E-state index >= 15 is 0 Å². The van der Waals surface area contributed by atoms with Crippen LogP contribution in [0.2, 0.25) is 0 Å². The Hall–Kier alpha value is -0.380. The number of likely N-dealkylation sites (N-methyl/N-ethyl adjacent to an activating group) is 1. The van der Waals surface area contributed by atoms with Gasteiger partial charge in [-0.05, 0) is 24.2 Å². The lowest BCUT2D eigenvalue weighted by Gasteiger charge is -2.34. The summed E-state index contributed by atoms with van der Waals surface area (Å²) in [5.41, 5.74) is 1.41. The lowest BCUT2D eigenvalue weighted by Crippen LogP contribution is -2.45. The molecule has 88 valence electrons. The van der Waals surface area contributed by atoms with Crippen LogP contribution in [0.25, 0.3) is 0 Å². The van der Waals surface area contributed by atoms with Crippen LogP contribution >= 0.6 is 15.9 Å². The predicted octanol–water partition coefficient (Wildman–Crippen LogP) is 2.59. The van der Waals surface area contributed by atoms with Crippen molar-refractivity contribution in [2.24, 2.45) is 0 Å². The molecular formula is C13H19BrN2. The van der Waals surface area contributed by atoms with Crippen molar-refractivity contribution >= 4 is 15.9 Å². The molecule has 0 bridgehead atoms. The highest BCUT2D eigenvalue weighted by molar-refractivity contribution is 9.10. The SMILES string of the molecule is CCN1CCN(Cc2ccc(Br)cc2)CC1. The van der Waals surface area contributed by atoms with Crippen molar-refractivity contribution in [2.75, 3.05) is 32.7 Å². The second kappa shape index (κ2) is 5.80. The van der Waals surface area contributed by atoms with E-state index in [1.165, 1.54) is 38.3 Å². The van der Waals surface area contributed by atoms with Crippen LogP contribution in [0.15, 0.2) is 28.7 Å². The molecule has 1 aliphatic rings. The lowest BCUT2D eigenvalue weighted by atomic mass is 10.2. The maximum Gasteiger partial charge on any atom is 0.0234 e. The first-order valence-corrected chi connectivity index (χ1v) is 6.76. The average molecular weight is 283 g/mol. The van der Waals surface area contributed by atoms with Crippen molar-refractivity contribution in [3.63, 3.8) is 0 Å². The Morgan fingerprint density at radius 2 is 1.56 bits per heavy atom. The molecule has 0 atom stereocenters. The summed E-state index contributed by atoms with van der Waals surface area (Å²) >= 11 is 3.47. The van der Waals surface area contributed by atoms with Crippen molar-refractivity contribution in [1.29, 1.82) is 0 Å². The van der Waals surface area contributed by atoms with E-state index in [1.54, 1.807) is 0 Å². The van der Waals surface area contributed by atoms with Gasteiger partial charge in [0.05, 0.1) is 0 Å². The van der Waals surface area contributed by atoms with Crippen LogP contribution in [0.4, 0.5) is 0 Å². The molecule has 2 nitrogen and oxygen atoms in total. The van der Waals surface area contributed by atoms with Crippen molar-refractivity contribution in [3.05, 3.63) is 34.3 Å². The molecule has 0 aliphatic carbocycles. The molecule has 0 N–H and O–H groups in total. The summed E-state index contributed by atoms with van der Waals surface area (Å²) in [5, 5.41) is 0. The van der Waals surface area contributed by atoms with Crippen molar-refractivity contribution < 1.29 is 0 Å². The Morgan fingerprint density at radius 1 is 1.00 bits per heavy atom. The summed E-state index contributed by atoms with van der Waals surface area (Å²) in [4.78, 5) is 5.05. The van der Waals surface area contributed by atoms with Gasteiger partial charge in [0.1, 0.15) is 0 Å². The highest BCUT2D eigenvalue weighted by Crippen LogP contribution is 2.13. The summed E-state index contributed by atoms with van der Waals surface area (Å²) in [5.74, 6) is 0. The molecule has 1 fully saturated rings. The van der Waals surface area contributed by atoms with Crippen LogP contribution in [-0.2, 0) is 6.54 Å². The monoisotopic (exact) mass is 282 g/mol. The molecule has 0 radical (unpaired) electrons. The third-order valence-corrected chi connectivity index (χ3v) is 3.76. The molecule has 0 aromatic heterocycles. The number of hydrogen-bond donors (Lipinski definition) is 0. The fraction of sp³-hybridized carbons (Fsp3) is 0.538. The van der Waals surface area contributed by atoms with E-state index in [0.29, 0.717) is 0 Å². The average Bonchev–Trinajstić information content (AvgIpc) is 2.33. The minimum Gasteiger partial charge on any atom is -0.301 e. The predicted molar refractivity (Wildman–Crippen MR) is 71.5 cm³/mol.